The molecule has 0 amide bonds. The average Bonchev–Trinajstić information content (AvgIpc) is 2.77. The van der Waals surface area contributed by atoms with Crippen molar-refractivity contribution in [1.82, 2.24) is 10.6 Å². The highest BCUT2D eigenvalue weighted by Crippen LogP contribution is 2.37. The molecule has 100 valence electrons. The van der Waals surface area contributed by atoms with Gasteiger partial charge in [0.05, 0.1) is 0 Å². The van der Waals surface area contributed by atoms with Crippen LogP contribution < -0.4 is 10.6 Å². The Bertz CT molecular complexity index is 225. The quantitative estimate of drug-likeness (QED) is 0.769. The third kappa shape index (κ3) is 3.45. The third-order valence-corrected chi connectivity index (χ3v) is 5.28. The molecule has 0 bridgehead atoms. The molecule has 0 aromatic heterocycles. The molecule has 2 nitrogen and oxygen atoms in total. The van der Waals surface area contributed by atoms with Crippen molar-refractivity contribution in [3.8, 4) is 0 Å². The molecule has 0 radical (unpaired) electrons. The van der Waals surface area contributed by atoms with Gasteiger partial charge < -0.3 is 10.6 Å². The van der Waals surface area contributed by atoms with E-state index in [9.17, 15) is 0 Å². The normalized spacial score (nSPS) is 27.2. The van der Waals surface area contributed by atoms with Gasteiger partial charge in [0.2, 0.25) is 0 Å². The first-order chi connectivity index (χ1) is 8.18. The Morgan fingerprint density at radius 3 is 2.24 bits per heavy atom. The highest BCUT2D eigenvalue weighted by atomic mass is 14.9. The van der Waals surface area contributed by atoms with Crippen LogP contribution in [-0.4, -0.2) is 26.2 Å². The van der Waals surface area contributed by atoms with Crippen LogP contribution in [-0.2, 0) is 0 Å². The lowest BCUT2D eigenvalue weighted by Gasteiger charge is -2.38. The SMILES string of the molecule is CCC1(CNCC2(C)CCCC2)CCNCC1. The van der Waals surface area contributed by atoms with Crippen molar-refractivity contribution in [1.29, 1.82) is 0 Å². The fourth-order valence-electron chi connectivity index (χ4n) is 3.65. The maximum Gasteiger partial charge on any atom is 0.000889 e. The van der Waals surface area contributed by atoms with E-state index in [1.165, 1.54) is 71.1 Å². The number of hydrogen-bond acceptors (Lipinski definition) is 2. The minimum absolute atomic E-state index is 0.584. The van der Waals surface area contributed by atoms with Crippen LogP contribution in [0.3, 0.4) is 0 Å². The Morgan fingerprint density at radius 1 is 1.00 bits per heavy atom. The summed E-state index contributed by atoms with van der Waals surface area (Å²) in [6.45, 7) is 9.74. The zero-order chi connectivity index (χ0) is 12.2. The van der Waals surface area contributed by atoms with Gasteiger partial charge in [-0.1, -0.05) is 26.7 Å². The van der Waals surface area contributed by atoms with Gasteiger partial charge in [-0.25, -0.2) is 0 Å². The lowest BCUT2D eigenvalue weighted by molar-refractivity contribution is 0.175. The zero-order valence-corrected chi connectivity index (χ0v) is 11.8. The van der Waals surface area contributed by atoms with Gasteiger partial charge in [0.1, 0.15) is 0 Å². The molecule has 0 unspecified atom stereocenters. The largest absolute Gasteiger partial charge is 0.317 e. The molecule has 1 aliphatic carbocycles. The Morgan fingerprint density at radius 2 is 1.65 bits per heavy atom. The minimum Gasteiger partial charge on any atom is -0.317 e. The molecule has 2 rings (SSSR count). The Balaban J connectivity index is 1.75. The van der Waals surface area contributed by atoms with Gasteiger partial charge in [0.25, 0.3) is 0 Å². The van der Waals surface area contributed by atoms with Gasteiger partial charge in [-0.15, -0.1) is 0 Å². The molecule has 1 aliphatic heterocycles. The van der Waals surface area contributed by atoms with Gasteiger partial charge >= 0.3 is 0 Å². The van der Waals surface area contributed by atoms with Crippen molar-refractivity contribution < 1.29 is 0 Å². The minimum atomic E-state index is 0.584. The fraction of sp³-hybridized carbons (Fsp3) is 1.00. The molecule has 1 heterocycles. The van der Waals surface area contributed by atoms with Gasteiger partial charge in [0, 0.05) is 13.1 Å². The summed E-state index contributed by atoms with van der Waals surface area (Å²) in [7, 11) is 0. The Labute approximate surface area is 107 Å². The van der Waals surface area contributed by atoms with Crippen LogP contribution in [0.4, 0.5) is 0 Å². The molecule has 0 aromatic rings. The molecular weight excluding hydrogens is 208 g/mol. The smallest absolute Gasteiger partial charge is 0.000889 e. The first-order valence-corrected chi connectivity index (χ1v) is 7.60. The van der Waals surface area contributed by atoms with Crippen LogP contribution in [0.2, 0.25) is 0 Å². The molecule has 0 atom stereocenters. The number of nitrogens with one attached hydrogen (secondary N) is 2. The van der Waals surface area contributed by atoms with E-state index in [0.29, 0.717) is 10.8 Å². The van der Waals surface area contributed by atoms with Crippen LogP contribution in [0.15, 0.2) is 0 Å². The van der Waals surface area contributed by atoms with Crippen LogP contribution in [0, 0.1) is 10.8 Å². The Kier molecular flexibility index (Phi) is 4.48. The van der Waals surface area contributed by atoms with E-state index in [1.54, 1.807) is 0 Å². The standard InChI is InChI=1S/C15H30N2/c1-3-15(8-10-16-11-9-15)13-17-12-14(2)6-4-5-7-14/h16-17H,3-13H2,1-2H3. The van der Waals surface area contributed by atoms with Crippen molar-refractivity contribution in [3.63, 3.8) is 0 Å². The molecule has 0 spiro atoms. The van der Waals surface area contributed by atoms with Crippen molar-refractivity contribution >= 4 is 0 Å². The third-order valence-electron chi connectivity index (χ3n) is 5.28. The van der Waals surface area contributed by atoms with E-state index in [-0.39, 0.29) is 0 Å². The molecule has 2 fully saturated rings. The second kappa shape index (κ2) is 5.71. The number of rotatable bonds is 5. The van der Waals surface area contributed by atoms with Gasteiger partial charge in [0.15, 0.2) is 0 Å². The first kappa shape index (κ1) is 13.4. The van der Waals surface area contributed by atoms with Crippen LogP contribution >= 0.6 is 0 Å². The molecule has 2 N–H and O–H groups in total. The summed E-state index contributed by atoms with van der Waals surface area (Å²) >= 11 is 0. The van der Waals surface area contributed by atoms with E-state index < -0.39 is 0 Å². The van der Waals surface area contributed by atoms with Crippen molar-refractivity contribution in [2.24, 2.45) is 10.8 Å². The summed E-state index contributed by atoms with van der Waals surface area (Å²) in [5.41, 5.74) is 1.18. The van der Waals surface area contributed by atoms with Crippen molar-refractivity contribution in [2.75, 3.05) is 26.2 Å². The van der Waals surface area contributed by atoms with Crippen LogP contribution in [0.5, 0.6) is 0 Å². The summed E-state index contributed by atoms with van der Waals surface area (Å²) in [6.07, 6.45) is 9.79. The topological polar surface area (TPSA) is 24.1 Å². The lowest BCUT2D eigenvalue weighted by Crippen LogP contribution is -2.44. The van der Waals surface area contributed by atoms with E-state index >= 15 is 0 Å². The second-order valence-electron chi connectivity index (χ2n) is 6.72. The maximum absolute atomic E-state index is 3.80. The van der Waals surface area contributed by atoms with E-state index in [2.05, 4.69) is 24.5 Å². The summed E-state index contributed by atoms with van der Waals surface area (Å²) in [6, 6.07) is 0. The molecule has 1 saturated heterocycles. The van der Waals surface area contributed by atoms with E-state index in [0.717, 1.165) is 0 Å². The predicted octanol–water partition coefficient (Wildman–Crippen LogP) is 2.94. The molecular formula is C15H30N2. The molecule has 2 aliphatic rings. The predicted molar refractivity (Wildman–Crippen MR) is 74.3 cm³/mol. The van der Waals surface area contributed by atoms with Crippen molar-refractivity contribution in [3.05, 3.63) is 0 Å². The fourth-order valence-corrected chi connectivity index (χ4v) is 3.65. The van der Waals surface area contributed by atoms with E-state index in [4.69, 9.17) is 0 Å². The highest BCUT2D eigenvalue weighted by Gasteiger charge is 2.32. The summed E-state index contributed by atoms with van der Waals surface area (Å²) < 4.78 is 0. The molecule has 1 saturated carbocycles. The van der Waals surface area contributed by atoms with Gasteiger partial charge in [-0.3, -0.25) is 0 Å². The number of piperidine rings is 1. The van der Waals surface area contributed by atoms with Gasteiger partial charge in [-0.2, -0.15) is 0 Å². The zero-order valence-electron chi connectivity index (χ0n) is 11.8. The van der Waals surface area contributed by atoms with Crippen LogP contribution in [0.25, 0.3) is 0 Å². The number of hydrogen-bond donors (Lipinski definition) is 2. The summed E-state index contributed by atoms with van der Waals surface area (Å²) in [5, 5.41) is 7.29. The molecule has 0 aromatic carbocycles. The maximum atomic E-state index is 3.80. The Hall–Kier alpha value is -0.0800. The summed E-state index contributed by atoms with van der Waals surface area (Å²) in [5.74, 6) is 0. The van der Waals surface area contributed by atoms with E-state index in [1.807, 2.05) is 0 Å². The first-order valence-electron chi connectivity index (χ1n) is 7.60. The van der Waals surface area contributed by atoms with Crippen molar-refractivity contribution in [2.45, 2.75) is 58.8 Å². The van der Waals surface area contributed by atoms with Gasteiger partial charge in [-0.05, 0) is 56.0 Å². The highest BCUT2D eigenvalue weighted by molar-refractivity contribution is 4.88. The average molecular weight is 238 g/mol. The molecule has 2 heteroatoms. The monoisotopic (exact) mass is 238 g/mol. The second-order valence-corrected chi connectivity index (χ2v) is 6.72. The summed E-state index contributed by atoms with van der Waals surface area (Å²) in [4.78, 5) is 0. The van der Waals surface area contributed by atoms with Crippen LogP contribution in [0.1, 0.15) is 58.8 Å². The lowest BCUT2D eigenvalue weighted by atomic mass is 9.76. The molecule has 17 heavy (non-hydrogen) atoms.